The number of hydrogen-bond acceptors (Lipinski definition) is 7. The van der Waals surface area contributed by atoms with Gasteiger partial charge in [-0.15, -0.1) is 0 Å². The number of morpholine rings is 1. The van der Waals surface area contributed by atoms with Crippen molar-refractivity contribution in [2.24, 2.45) is 5.73 Å². The number of amides is 1. The number of hydrogen-bond donors (Lipinski definition) is 3. The normalized spacial score (nSPS) is 15.3. The number of carbonyl (C=O) groups is 1. The second-order valence-corrected chi connectivity index (χ2v) is 7.73. The summed E-state index contributed by atoms with van der Waals surface area (Å²) in [5.41, 5.74) is 15.6. The Kier molecular flexibility index (Phi) is 7.06. The predicted molar refractivity (Wildman–Crippen MR) is 125 cm³/mol. The molecule has 1 aliphatic heterocycles. The van der Waals surface area contributed by atoms with Crippen molar-refractivity contribution < 1.29 is 9.53 Å². The number of anilines is 2. The lowest BCUT2D eigenvalue weighted by Gasteiger charge is -2.31. The number of aromatic nitrogens is 2. The van der Waals surface area contributed by atoms with Gasteiger partial charge in [-0.25, -0.2) is 9.97 Å². The van der Waals surface area contributed by atoms with Gasteiger partial charge in [-0.1, -0.05) is 24.3 Å². The highest BCUT2D eigenvalue weighted by molar-refractivity contribution is 6.05. The van der Waals surface area contributed by atoms with Crippen LogP contribution in [0, 0.1) is 0 Å². The fourth-order valence-corrected chi connectivity index (χ4v) is 3.65. The molecule has 5 N–H and O–H groups in total. The van der Waals surface area contributed by atoms with Crippen LogP contribution < -0.4 is 16.8 Å². The maximum atomic E-state index is 12.5. The summed E-state index contributed by atoms with van der Waals surface area (Å²) in [7, 11) is 0. The van der Waals surface area contributed by atoms with Crippen molar-refractivity contribution >= 4 is 17.3 Å². The van der Waals surface area contributed by atoms with Gasteiger partial charge in [0, 0.05) is 36.8 Å². The van der Waals surface area contributed by atoms with E-state index in [1.165, 1.54) is 0 Å². The summed E-state index contributed by atoms with van der Waals surface area (Å²) in [5, 5.41) is 2.84. The van der Waals surface area contributed by atoms with Gasteiger partial charge < -0.3 is 21.5 Å². The molecular formula is C24H28N6O2. The summed E-state index contributed by atoms with van der Waals surface area (Å²) in [5.74, 6) is 0.544. The van der Waals surface area contributed by atoms with Crippen LogP contribution in [0.4, 0.5) is 11.4 Å². The number of para-hydroxylation sites is 2. The second kappa shape index (κ2) is 10.3. The van der Waals surface area contributed by atoms with Crippen molar-refractivity contribution in [1.82, 2.24) is 14.9 Å². The van der Waals surface area contributed by atoms with Crippen LogP contribution in [0.2, 0.25) is 0 Å². The van der Waals surface area contributed by atoms with E-state index in [0.717, 1.165) is 49.8 Å². The van der Waals surface area contributed by atoms with E-state index in [2.05, 4.69) is 20.2 Å². The lowest BCUT2D eigenvalue weighted by atomic mass is 10.1. The van der Waals surface area contributed by atoms with Crippen molar-refractivity contribution in [2.45, 2.75) is 19.0 Å². The summed E-state index contributed by atoms with van der Waals surface area (Å²) >= 11 is 0. The van der Waals surface area contributed by atoms with E-state index in [9.17, 15) is 4.79 Å². The zero-order valence-corrected chi connectivity index (χ0v) is 17.9. The minimum Gasteiger partial charge on any atom is -0.397 e. The fraction of sp³-hybridized carbons (Fsp3) is 0.292. The van der Waals surface area contributed by atoms with E-state index >= 15 is 0 Å². The molecule has 1 amide bonds. The molecule has 32 heavy (non-hydrogen) atoms. The van der Waals surface area contributed by atoms with E-state index in [1.54, 1.807) is 30.5 Å². The zero-order chi connectivity index (χ0) is 22.3. The van der Waals surface area contributed by atoms with Gasteiger partial charge in [0.2, 0.25) is 0 Å². The van der Waals surface area contributed by atoms with Crippen LogP contribution >= 0.6 is 0 Å². The maximum absolute atomic E-state index is 12.5. The van der Waals surface area contributed by atoms with Crippen LogP contribution in [-0.2, 0) is 11.2 Å². The van der Waals surface area contributed by atoms with Crippen molar-refractivity contribution in [3.8, 4) is 11.3 Å². The third kappa shape index (κ3) is 5.47. The number of nitrogen functional groups attached to an aromatic ring is 1. The first-order valence-electron chi connectivity index (χ1n) is 10.8. The molecular weight excluding hydrogens is 404 g/mol. The molecule has 0 aliphatic carbocycles. The fourth-order valence-electron chi connectivity index (χ4n) is 3.65. The highest BCUT2D eigenvalue weighted by atomic mass is 16.5. The Morgan fingerprint density at radius 3 is 2.59 bits per heavy atom. The van der Waals surface area contributed by atoms with Crippen LogP contribution in [0.15, 0.2) is 60.8 Å². The minimum absolute atomic E-state index is 0.0254. The Labute approximate surface area is 187 Å². The van der Waals surface area contributed by atoms with Gasteiger partial charge in [0.05, 0.1) is 36.4 Å². The van der Waals surface area contributed by atoms with E-state index < -0.39 is 0 Å². The quantitative estimate of drug-likeness (QED) is 0.491. The van der Waals surface area contributed by atoms with Gasteiger partial charge in [-0.05, 0) is 36.8 Å². The van der Waals surface area contributed by atoms with Crippen molar-refractivity contribution in [2.75, 3.05) is 37.4 Å². The number of rotatable bonds is 7. The maximum Gasteiger partial charge on any atom is 0.255 e. The van der Waals surface area contributed by atoms with Crippen molar-refractivity contribution in [3.63, 3.8) is 0 Å². The number of nitrogens with zero attached hydrogens (tertiary/aromatic N) is 3. The first-order chi connectivity index (χ1) is 15.6. The molecule has 1 fully saturated rings. The molecule has 2 heterocycles. The van der Waals surface area contributed by atoms with E-state index in [1.807, 2.05) is 30.3 Å². The Hall–Kier alpha value is -3.33. The van der Waals surface area contributed by atoms with Crippen LogP contribution in [0.5, 0.6) is 0 Å². The molecule has 1 aliphatic rings. The molecule has 1 saturated heterocycles. The standard InChI is InChI=1S/C24H28N6O2/c25-19-3-1-2-4-21(19)29-24(31)18-7-5-17(6-8-18)20-11-12-27-23(28-20)10-9-22(26)30-13-15-32-16-14-30/h1-8,11-12,22H,9-10,13-16,25-26H2,(H,29,31). The first kappa shape index (κ1) is 21.9. The van der Waals surface area contributed by atoms with E-state index in [0.29, 0.717) is 23.4 Å². The average molecular weight is 433 g/mol. The number of nitrogens with one attached hydrogen (secondary N) is 1. The molecule has 4 rings (SSSR count). The SMILES string of the molecule is Nc1ccccc1NC(=O)c1ccc(-c2ccnc(CCC(N)N3CCOCC3)n2)cc1. The number of nitrogens with two attached hydrogens (primary N) is 2. The van der Waals surface area contributed by atoms with E-state index in [-0.39, 0.29) is 12.1 Å². The lowest BCUT2D eigenvalue weighted by molar-refractivity contribution is 0.0160. The van der Waals surface area contributed by atoms with Gasteiger partial charge >= 0.3 is 0 Å². The van der Waals surface area contributed by atoms with Crippen LogP contribution in [0.1, 0.15) is 22.6 Å². The highest BCUT2D eigenvalue weighted by Crippen LogP contribution is 2.21. The predicted octanol–water partition coefficient (Wildman–Crippen LogP) is 2.53. The van der Waals surface area contributed by atoms with Crippen LogP contribution in [0.25, 0.3) is 11.3 Å². The summed E-state index contributed by atoms with van der Waals surface area (Å²) in [6.07, 6.45) is 3.22. The third-order valence-corrected chi connectivity index (χ3v) is 5.54. The molecule has 166 valence electrons. The number of ether oxygens (including phenoxy) is 1. The number of aryl methyl sites for hydroxylation is 1. The Balaban J connectivity index is 1.38. The summed E-state index contributed by atoms with van der Waals surface area (Å²) < 4.78 is 5.38. The van der Waals surface area contributed by atoms with Crippen LogP contribution in [-0.4, -0.2) is 53.2 Å². The largest absolute Gasteiger partial charge is 0.397 e. The number of benzene rings is 2. The molecule has 0 spiro atoms. The topological polar surface area (TPSA) is 119 Å². The van der Waals surface area contributed by atoms with Gasteiger partial charge in [-0.3, -0.25) is 9.69 Å². The second-order valence-electron chi connectivity index (χ2n) is 7.73. The van der Waals surface area contributed by atoms with Crippen molar-refractivity contribution in [1.29, 1.82) is 0 Å². The minimum atomic E-state index is -0.213. The first-order valence-corrected chi connectivity index (χ1v) is 10.8. The van der Waals surface area contributed by atoms with E-state index in [4.69, 9.17) is 16.2 Å². The summed E-state index contributed by atoms with van der Waals surface area (Å²) in [6, 6.07) is 16.4. The molecule has 2 aromatic carbocycles. The molecule has 0 radical (unpaired) electrons. The van der Waals surface area contributed by atoms with Crippen molar-refractivity contribution in [3.05, 3.63) is 72.2 Å². The Morgan fingerprint density at radius 2 is 1.84 bits per heavy atom. The highest BCUT2D eigenvalue weighted by Gasteiger charge is 2.17. The molecule has 0 saturated carbocycles. The Bertz CT molecular complexity index is 1050. The van der Waals surface area contributed by atoms with Crippen LogP contribution in [0.3, 0.4) is 0 Å². The monoisotopic (exact) mass is 432 g/mol. The summed E-state index contributed by atoms with van der Waals surface area (Å²) in [6.45, 7) is 3.18. The van der Waals surface area contributed by atoms with Gasteiger partial charge in [0.15, 0.2) is 0 Å². The molecule has 3 aromatic rings. The zero-order valence-electron chi connectivity index (χ0n) is 17.9. The van der Waals surface area contributed by atoms with Gasteiger partial charge in [0.1, 0.15) is 5.82 Å². The molecule has 0 bridgehead atoms. The summed E-state index contributed by atoms with van der Waals surface area (Å²) in [4.78, 5) is 23.9. The average Bonchev–Trinajstić information content (AvgIpc) is 2.85. The van der Waals surface area contributed by atoms with Gasteiger partial charge in [0.25, 0.3) is 5.91 Å². The van der Waals surface area contributed by atoms with Gasteiger partial charge in [-0.2, -0.15) is 0 Å². The lowest BCUT2D eigenvalue weighted by Crippen LogP contribution is -2.48. The molecule has 1 aromatic heterocycles. The molecule has 1 unspecified atom stereocenters. The molecule has 8 nitrogen and oxygen atoms in total. The smallest absolute Gasteiger partial charge is 0.255 e. The Morgan fingerprint density at radius 1 is 1.09 bits per heavy atom. The molecule has 8 heteroatoms. The third-order valence-electron chi connectivity index (χ3n) is 5.54. The number of carbonyl (C=O) groups excluding carboxylic acids is 1. The molecule has 1 atom stereocenters.